The van der Waals surface area contributed by atoms with Gasteiger partial charge in [-0.1, -0.05) is 0 Å². The molecule has 19 heavy (non-hydrogen) atoms. The van der Waals surface area contributed by atoms with Gasteiger partial charge in [-0.3, -0.25) is 9.48 Å². The second-order valence-corrected chi connectivity index (χ2v) is 5.10. The third-order valence-electron chi connectivity index (χ3n) is 3.82. The highest BCUT2D eigenvalue weighted by atomic mass is 16.1. The van der Waals surface area contributed by atoms with Crippen molar-refractivity contribution in [2.75, 3.05) is 25.9 Å². The Morgan fingerprint density at radius 1 is 1.58 bits per heavy atom. The normalized spacial score (nSPS) is 18.9. The summed E-state index contributed by atoms with van der Waals surface area (Å²) in [4.78, 5) is 13.5. The molecule has 1 aliphatic rings. The van der Waals surface area contributed by atoms with Gasteiger partial charge in [0.05, 0.1) is 18.0 Å². The van der Waals surface area contributed by atoms with Crippen molar-refractivity contribution in [1.29, 1.82) is 5.26 Å². The Kier molecular flexibility index (Phi) is 3.44. The Morgan fingerprint density at radius 3 is 2.68 bits per heavy atom. The van der Waals surface area contributed by atoms with Gasteiger partial charge in [-0.15, -0.1) is 0 Å². The molecule has 0 atom stereocenters. The number of carbonyl (C=O) groups is 1. The molecule has 102 valence electrons. The van der Waals surface area contributed by atoms with Crippen molar-refractivity contribution < 1.29 is 4.79 Å². The molecule has 0 unspecified atom stereocenters. The van der Waals surface area contributed by atoms with Crippen molar-refractivity contribution in [1.82, 2.24) is 14.7 Å². The first-order chi connectivity index (χ1) is 8.98. The largest absolute Gasteiger partial charge is 0.382 e. The number of amides is 1. The summed E-state index contributed by atoms with van der Waals surface area (Å²) in [5.41, 5.74) is 10.8. The van der Waals surface area contributed by atoms with Gasteiger partial charge in [0.25, 0.3) is 5.91 Å². The van der Waals surface area contributed by atoms with E-state index in [1.54, 1.807) is 10.9 Å². The first-order valence-corrected chi connectivity index (χ1v) is 6.19. The number of rotatable bonds is 3. The number of primary amides is 1. The number of anilines is 1. The van der Waals surface area contributed by atoms with Gasteiger partial charge < -0.3 is 16.4 Å². The Balaban J connectivity index is 2.37. The first-order valence-electron chi connectivity index (χ1n) is 6.19. The molecular formula is C12H18N6O. The highest BCUT2D eigenvalue weighted by Crippen LogP contribution is 2.33. The number of carbonyl (C=O) groups excluding carboxylic acids is 1. The monoisotopic (exact) mass is 262 g/mol. The molecule has 0 radical (unpaired) electrons. The average Bonchev–Trinajstić information content (AvgIpc) is 2.75. The van der Waals surface area contributed by atoms with Crippen LogP contribution in [0.25, 0.3) is 0 Å². The van der Waals surface area contributed by atoms with Gasteiger partial charge in [0, 0.05) is 19.3 Å². The molecule has 2 heterocycles. The van der Waals surface area contributed by atoms with E-state index in [4.69, 9.17) is 16.7 Å². The maximum Gasteiger partial charge on any atom is 0.254 e. The van der Waals surface area contributed by atoms with Crippen molar-refractivity contribution in [2.24, 2.45) is 5.73 Å². The minimum absolute atomic E-state index is 0.128. The smallest absolute Gasteiger partial charge is 0.254 e. The molecular weight excluding hydrogens is 244 g/mol. The van der Waals surface area contributed by atoms with Gasteiger partial charge in [0.2, 0.25) is 0 Å². The van der Waals surface area contributed by atoms with Gasteiger partial charge in [0.15, 0.2) is 5.82 Å². The van der Waals surface area contributed by atoms with Crippen LogP contribution in [0.5, 0.6) is 0 Å². The van der Waals surface area contributed by atoms with Crippen LogP contribution in [0.1, 0.15) is 29.6 Å². The second kappa shape index (κ2) is 4.90. The molecule has 0 saturated carbocycles. The van der Waals surface area contributed by atoms with E-state index < -0.39 is 5.91 Å². The SMILES string of the molecule is CN1CCC(CC#N)(n2cc(C(N)=O)c(N)n2)CC1. The maximum atomic E-state index is 11.2. The van der Waals surface area contributed by atoms with E-state index in [-0.39, 0.29) is 16.9 Å². The van der Waals surface area contributed by atoms with Crippen LogP contribution >= 0.6 is 0 Å². The molecule has 0 aromatic carbocycles. The first kappa shape index (κ1) is 13.4. The Hall–Kier alpha value is -2.07. The summed E-state index contributed by atoms with van der Waals surface area (Å²) in [5.74, 6) is -0.465. The van der Waals surface area contributed by atoms with Crippen LogP contribution in [0.15, 0.2) is 6.20 Å². The fraction of sp³-hybridized carbons (Fsp3) is 0.583. The summed E-state index contributed by atoms with van der Waals surface area (Å²) in [6, 6.07) is 2.21. The molecule has 1 aromatic rings. The standard InChI is InChI=1S/C12H18N6O/c1-17-6-3-12(2-5-13,4-7-17)18-8-9(11(15)19)10(14)16-18/h8H,2-4,6-7H2,1H3,(H2,14,16)(H2,15,19). The van der Waals surface area contributed by atoms with Gasteiger partial charge in [-0.25, -0.2) is 0 Å². The predicted molar refractivity (Wildman–Crippen MR) is 70.1 cm³/mol. The Morgan fingerprint density at radius 2 is 2.21 bits per heavy atom. The van der Waals surface area contributed by atoms with Crippen LogP contribution in [-0.4, -0.2) is 40.7 Å². The summed E-state index contributed by atoms with van der Waals surface area (Å²) in [5, 5.41) is 13.3. The number of nitrogens with zero attached hydrogens (tertiary/aromatic N) is 4. The van der Waals surface area contributed by atoms with E-state index in [1.165, 1.54) is 0 Å². The molecule has 1 aliphatic heterocycles. The topological polar surface area (TPSA) is 114 Å². The number of aromatic nitrogens is 2. The zero-order valence-corrected chi connectivity index (χ0v) is 11.0. The Labute approximate surface area is 111 Å². The van der Waals surface area contributed by atoms with Crippen molar-refractivity contribution in [3.05, 3.63) is 11.8 Å². The summed E-state index contributed by atoms with van der Waals surface area (Å²) in [7, 11) is 2.04. The predicted octanol–water partition coefficient (Wildman–Crippen LogP) is -0.101. The summed E-state index contributed by atoms with van der Waals surface area (Å²) in [6.45, 7) is 1.76. The zero-order valence-electron chi connectivity index (χ0n) is 11.0. The maximum absolute atomic E-state index is 11.2. The lowest BCUT2D eigenvalue weighted by Gasteiger charge is -2.39. The zero-order chi connectivity index (χ0) is 14.0. The van der Waals surface area contributed by atoms with E-state index in [1.807, 2.05) is 7.05 Å². The van der Waals surface area contributed by atoms with Crippen molar-refractivity contribution in [3.63, 3.8) is 0 Å². The number of likely N-dealkylation sites (tertiary alicyclic amines) is 1. The van der Waals surface area contributed by atoms with Gasteiger partial charge in [-0.2, -0.15) is 10.4 Å². The number of nitrogens with two attached hydrogens (primary N) is 2. The third-order valence-corrected chi connectivity index (χ3v) is 3.82. The quantitative estimate of drug-likeness (QED) is 0.789. The fourth-order valence-corrected chi connectivity index (χ4v) is 2.49. The van der Waals surface area contributed by atoms with E-state index in [0.29, 0.717) is 6.42 Å². The van der Waals surface area contributed by atoms with E-state index in [0.717, 1.165) is 25.9 Å². The molecule has 1 amide bonds. The highest BCUT2D eigenvalue weighted by Gasteiger charge is 2.37. The van der Waals surface area contributed by atoms with Gasteiger partial charge in [0.1, 0.15) is 5.56 Å². The van der Waals surface area contributed by atoms with Crippen molar-refractivity contribution >= 4 is 11.7 Å². The highest BCUT2D eigenvalue weighted by molar-refractivity contribution is 5.96. The van der Waals surface area contributed by atoms with Gasteiger partial charge in [-0.05, 0) is 19.9 Å². The molecule has 4 N–H and O–H groups in total. The number of hydrogen-bond acceptors (Lipinski definition) is 5. The minimum atomic E-state index is -0.594. The molecule has 7 heteroatoms. The van der Waals surface area contributed by atoms with E-state index >= 15 is 0 Å². The van der Waals surface area contributed by atoms with Crippen LogP contribution in [0, 0.1) is 11.3 Å². The molecule has 0 aliphatic carbocycles. The number of nitriles is 1. The van der Waals surface area contributed by atoms with Crippen LogP contribution < -0.4 is 11.5 Å². The van der Waals surface area contributed by atoms with Crippen molar-refractivity contribution in [2.45, 2.75) is 24.8 Å². The summed E-state index contributed by atoms with van der Waals surface area (Å²) in [6.07, 6.45) is 3.52. The van der Waals surface area contributed by atoms with Crippen LogP contribution in [0.2, 0.25) is 0 Å². The minimum Gasteiger partial charge on any atom is -0.382 e. The van der Waals surface area contributed by atoms with Crippen molar-refractivity contribution in [3.8, 4) is 6.07 Å². The number of hydrogen-bond donors (Lipinski definition) is 2. The summed E-state index contributed by atoms with van der Waals surface area (Å²) >= 11 is 0. The van der Waals surface area contributed by atoms with E-state index in [9.17, 15) is 4.79 Å². The third kappa shape index (κ3) is 2.39. The lowest BCUT2D eigenvalue weighted by molar-refractivity contribution is 0.0999. The summed E-state index contributed by atoms with van der Waals surface area (Å²) < 4.78 is 1.67. The molecule has 1 aromatic heterocycles. The van der Waals surface area contributed by atoms with Crippen LogP contribution in [0.3, 0.4) is 0 Å². The lowest BCUT2D eigenvalue weighted by Crippen LogP contribution is -2.45. The molecule has 2 rings (SSSR count). The van der Waals surface area contributed by atoms with Crippen LogP contribution in [0.4, 0.5) is 5.82 Å². The fourth-order valence-electron chi connectivity index (χ4n) is 2.49. The second-order valence-electron chi connectivity index (χ2n) is 5.10. The molecule has 1 saturated heterocycles. The number of piperidine rings is 1. The van der Waals surface area contributed by atoms with E-state index in [2.05, 4.69) is 16.1 Å². The molecule has 0 spiro atoms. The lowest BCUT2D eigenvalue weighted by atomic mass is 9.85. The molecule has 7 nitrogen and oxygen atoms in total. The molecule has 0 bridgehead atoms. The molecule has 1 fully saturated rings. The van der Waals surface area contributed by atoms with Crippen LogP contribution in [-0.2, 0) is 5.54 Å². The van der Waals surface area contributed by atoms with Gasteiger partial charge >= 0.3 is 0 Å². The Bertz CT molecular complexity index is 521. The average molecular weight is 262 g/mol. The number of nitrogen functional groups attached to an aromatic ring is 1.